The Balaban J connectivity index is 1.69. The van der Waals surface area contributed by atoms with E-state index in [4.69, 9.17) is 4.74 Å². The van der Waals surface area contributed by atoms with E-state index >= 15 is 0 Å². The third kappa shape index (κ3) is 3.32. The molecule has 2 aliphatic heterocycles. The number of carbonyl (C=O) groups excluding carboxylic acids is 1. The molecule has 176 valence electrons. The molecule has 2 aliphatic rings. The van der Waals surface area contributed by atoms with Gasteiger partial charge in [0.15, 0.2) is 5.78 Å². The third-order valence-electron chi connectivity index (χ3n) is 6.44. The number of hydrogen-bond acceptors (Lipinski definition) is 5. The van der Waals surface area contributed by atoms with Gasteiger partial charge in [0.1, 0.15) is 17.4 Å². The second-order valence-electron chi connectivity index (χ2n) is 9.66. The van der Waals surface area contributed by atoms with E-state index in [2.05, 4.69) is 19.2 Å². The fraction of sp³-hybridized carbons (Fsp3) is 0.346. The molecule has 0 amide bonds. The summed E-state index contributed by atoms with van der Waals surface area (Å²) in [7, 11) is 0. The summed E-state index contributed by atoms with van der Waals surface area (Å²) in [5.41, 5.74) is 2.16. The van der Waals surface area contributed by atoms with Gasteiger partial charge in [-0.1, -0.05) is 12.1 Å². The lowest BCUT2D eigenvalue weighted by Crippen LogP contribution is -2.46. The van der Waals surface area contributed by atoms with E-state index in [-0.39, 0.29) is 18.4 Å². The minimum Gasteiger partial charge on any atom is -0.483 e. The molecule has 8 heteroatoms. The summed E-state index contributed by atoms with van der Waals surface area (Å²) < 4.78 is 10.5. The highest BCUT2D eigenvalue weighted by Gasteiger charge is 2.43. The zero-order chi connectivity index (χ0) is 24.4. The Labute approximate surface area is 197 Å². The van der Waals surface area contributed by atoms with Crippen LogP contribution in [0.5, 0.6) is 5.75 Å². The standard InChI is InChI=1S/C26H28N4O4/c1-15(2)27-18-8-11-20-22(14-18)34-26(4,5)21-12-13-28-24(32)29(25(33)30(28)23(20)21)19-9-6-17(7-10-19)16(3)31/h6-12,14-15,23,27H,13H2,1-5H3. The number of nitrogens with zero attached hydrogens (tertiary/aromatic N) is 3. The summed E-state index contributed by atoms with van der Waals surface area (Å²) in [6, 6.07) is 12.2. The molecular weight excluding hydrogens is 432 g/mol. The van der Waals surface area contributed by atoms with E-state index in [0.29, 0.717) is 17.0 Å². The second-order valence-corrected chi connectivity index (χ2v) is 9.66. The van der Waals surface area contributed by atoms with Gasteiger partial charge in [-0.2, -0.15) is 0 Å². The van der Waals surface area contributed by atoms with Crippen molar-refractivity contribution in [3.05, 3.63) is 86.2 Å². The van der Waals surface area contributed by atoms with Crippen LogP contribution in [0.25, 0.3) is 5.69 Å². The van der Waals surface area contributed by atoms with Gasteiger partial charge in [-0.3, -0.25) is 4.79 Å². The highest BCUT2D eigenvalue weighted by atomic mass is 16.5. The average molecular weight is 461 g/mol. The van der Waals surface area contributed by atoms with Crippen molar-refractivity contribution < 1.29 is 9.53 Å². The van der Waals surface area contributed by atoms with Crippen molar-refractivity contribution in [2.45, 2.75) is 58.8 Å². The van der Waals surface area contributed by atoms with Gasteiger partial charge in [-0.05, 0) is 70.5 Å². The van der Waals surface area contributed by atoms with Crippen LogP contribution in [0.1, 0.15) is 56.6 Å². The normalized spacial score (nSPS) is 17.8. The Bertz CT molecular complexity index is 1450. The van der Waals surface area contributed by atoms with Crippen LogP contribution in [0.2, 0.25) is 0 Å². The number of allylic oxidation sites excluding steroid dienone is 1. The summed E-state index contributed by atoms with van der Waals surface area (Å²) in [6.07, 6.45) is 1.98. The van der Waals surface area contributed by atoms with Crippen LogP contribution in [0.3, 0.4) is 0 Å². The molecule has 3 heterocycles. The van der Waals surface area contributed by atoms with Crippen LogP contribution in [-0.4, -0.2) is 31.4 Å². The summed E-state index contributed by atoms with van der Waals surface area (Å²) in [5, 5.41) is 3.39. The van der Waals surface area contributed by atoms with Gasteiger partial charge in [0, 0.05) is 28.9 Å². The lowest BCUT2D eigenvalue weighted by molar-refractivity contribution is 0.101. The lowest BCUT2D eigenvalue weighted by Gasteiger charge is -2.42. The zero-order valence-corrected chi connectivity index (χ0v) is 20.0. The van der Waals surface area contributed by atoms with Crippen LogP contribution >= 0.6 is 0 Å². The minimum absolute atomic E-state index is 0.0759. The van der Waals surface area contributed by atoms with E-state index in [1.807, 2.05) is 38.1 Å². The van der Waals surface area contributed by atoms with Gasteiger partial charge >= 0.3 is 11.4 Å². The van der Waals surface area contributed by atoms with Crippen LogP contribution < -0.4 is 21.4 Å². The number of nitrogens with one attached hydrogen (secondary N) is 1. The first-order chi connectivity index (χ1) is 16.1. The summed E-state index contributed by atoms with van der Waals surface area (Å²) in [4.78, 5) is 38.7. The fourth-order valence-electron chi connectivity index (χ4n) is 4.89. The first-order valence-corrected chi connectivity index (χ1v) is 11.4. The molecule has 5 rings (SSSR count). The first-order valence-electron chi connectivity index (χ1n) is 11.4. The number of aromatic nitrogens is 3. The zero-order valence-electron chi connectivity index (χ0n) is 20.0. The molecule has 1 unspecified atom stereocenters. The van der Waals surface area contributed by atoms with Gasteiger partial charge < -0.3 is 10.1 Å². The molecule has 0 fully saturated rings. The molecule has 0 spiro atoms. The van der Waals surface area contributed by atoms with E-state index in [1.54, 1.807) is 24.3 Å². The van der Waals surface area contributed by atoms with Crippen LogP contribution in [0.4, 0.5) is 5.69 Å². The molecule has 0 saturated heterocycles. The Hall–Kier alpha value is -3.81. The Morgan fingerprint density at radius 2 is 1.79 bits per heavy atom. The van der Waals surface area contributed by atoms with Gasteiger partial charge in [0.2, 0.25) is 0 Å². The van der Waals surface area contributed by atoms with Crippen molar-refractivity contribution in [3.63, 3.8) is 0 Å². The van der Waals surface area contributed by atoms with Crippen LogP contribution in [0, 0.1) is 0 Å². The Morgan fingerprint density at radius 1 is 1.09 bits per heavy atom. The largest absolute Gasteiger partial charge is 0.483 e. The molecule has 0 saturated carbocycles. The monoisotopic (exact) mass is 460 g/mol. The molecule has 0 bridgehead atoms. The van der Waals surface area contributed by atoms with Gasteiger partial charge in [-0.15, -0.1) is 0 Å². The number of rotatable bonds is 4. The van der Waals surface area contributed by atoms with Crippen molar-refractivity contribution in [2.24, 2.45) is 0 Å². The maximum absolute atomic E-state index is 13.7. The first kappa shape index (κ1) is 22.0. The summed E-state index contributed by atoms with van der Waals surface area (Å²) in [6.45, 7) is 9.84. The smallest absolute Gasteiger partial charge is 0.352 e. The molecule has 1 N–H and O–H groups in total. The molecule has 0 aliphatic carbocycles. The van der Waals surface area contributed by atoms with E-state index in [0.717, 1.165) is 21.4 Å². The van der Waals surface area contributed by atoms with E-state index < -0.39 is 23.0 Å². The van der Waals surface area contributed by atoms with Crippen LogP contribution in [-0.2, 0) is 6.54 Å². The average Bonchev–Trinajstić information content (AvgIpc) is 3.03. The molecular formula is C26H28N4O4. The number of carbonyl (C=O) groups is 1. The molecule has 0 radical (unpaired) electrons. The predicted octanol–water partition coefficient (Wildman–Crippen LogP) is 3.52. The fourth-order valence-corrected chi connectivity index (χ4v) is 4.89. The second kappa shape index (κ2) is 7.62. The topological polar surface area (TPSA) is 87.3 Å². The lowest BCUT2D eigenvalue weighted by atomic mass is 9.83. The van der Waals surface area contributed by atoms with E-state index in [9.17, 15) is 14.4 Å². The Kier molecular flexibility index (Phi) is 4.93. The van der Waals surface area contributed by atoms with Crippen molar-refractivity contribution >= 4 is 11.5 Å². The number of Topliss-reactive ketones (excluding diaryl/α,β-unsaturated/α-hetero) is 1. The van der Waals surface area contributed by atoms with Crippen molar-refractivity contribution in [1.82, 2.24) is 13.9 Å². The predicted molar refractivity (Wildman–Crippen MR) is 130 cm³/mol. The molecule has 1 atom stereocenters. The number of anilines is 1. The number of hydrogen-bond donors (Lipinski definition) is 1. The van der Waals surface area contributed by atoms with Gasteiger partial charge in [0.25, 0.3) is 0 Å². The third-order valence-corrected chi connectivity index (χ3v) is 6.44. The number of benzene rings is 2. The van der Waals surface area contributed by atoms with Crippen molar-refractivity contribution in [3.8, 4) is 11.4 Å². The highest BCUT2D eigenvalue weighted by molar-refractivity contribution is 5.94. The number of ether oxygens (including phenoxy) is 1. The SMILES string of the molecule is CC(=O)c1ccc(-n2c(=O)n3n(c2=O)C2C(=CC3)C(C)(C)Oc3cc(NC(C)C)ccc32)cc1. The quantitative estimate of drug-likeness (QED) is 0.476. The van der Waals surface area contributed by atoms with E-state index in [1.165, 1.54) is 16.3 Å². The summed E-state index contributed by atoms with van der Waals surface area (Å²) >= 11 is 0. The molecule has 8 nitrogen and oxygen atoms in total. The molecule has 34 heavy (non-hydrogen) atoms. The maximum atomic E-state index is 13.7. The minimum atomic E-state index is -0.653. The summed E-state index contributed by atoms with van der Waals surface area (Å²) in [5.74, 6) is 0.608. The number of ketones is 1. The molecule has 3 aromatic rings. The molecule has 1 aromatic heterocycles. The van der Waals surface area contributed by atoms with Crippen LogP contribution in [0.15, 0.2) is 63.7 Å². The van der Waals surface area contributed by atoms with Crippen molar-refractivity contribution in [2.75, 3.05) is 5.32 Å². The van der Waals surface area contributed by atoms with Gasteiger partial charge in [0.05, 0.1) is 12.2 Å². The van der Waals surface area contributed by atoms with Crippen molar-refractivity contribution in [1.29, 1.82) is 0 Å². The maximum Gasteiger partial charge on any atom is 0.352 e. The molecule has 2 aromatic carbocycles. The number of fused-ring (bicyclic) bond motifs is 5. The Morgan fingerprint density at radius 3 is 2.44 bits per heavy atom. The highest BCUT2D eigenvalue weighted by Crippen LogP contribution is 2.46. The van der Waals surface area contributed by atoms with Gasteiger partial charge in [-0.25, -0.2) is 23.5 Å².